The van der Waals surface area contributed by atoms with E-state index in [-0.39, 0.29) is 11.7 Å². The van der Waals surface area contributed by atoms with Crippen LogP contribution in [0.5, 0.6) is 0 Å². The van der Waals surface area contributed by atoms with Gasteiger partial charge in [0.25, 0.3) is 0 Å². The number of hydrogen-bond donors (Lipinski definition) is 1. The molecular formula is C11H18ClN3O2. The van der Waals surface area contributed by atoms with E-state index in [4.69, 9.17) is 22.1 Å². The van der Waals surface area contributed by atoms with Crippen molar-refractivity contribution < 1.29 is 9.53 Å². The molecule has 0 saturated heterocycles. The number of carbonyl (C=O) groups is 1. The molecule has 0 amide bonds. The molecule has 17 heavy (non-hydrogen) atoms. The quantitative estimate of drug-likeness (QED) is 0.751. The largest absolute Gasteiger partial charge is 0.383 e. The fraction of sp³-hybridized carbons (Fsp3) is 0.636. The Morgan fingerprint density at radius 3 is 2.94 bits per heavy atom. The van der Waals surface area contributed by atoms with Crippen LogP contribution in [0.2, 0.25) is 5.02 Å². The van der Waals surface area contributed by atoms with Crippen LogP contribution in [-0.4, -0.2) is 35.8 Å². The summed E-state index contributed by atoms with van der Waals surface area (Å²) in [6, 6.07) is 0. The van der Waals surface area contributed by atoms with E-state index in [1.54, 1.807) is 11.8 Å². The minimum atomic E-state index is -0.203. The summed E-state index contributed by atoms with van der Waals surface area (Å²) in [6.45, 7) is 3.24. The first-order valence-corrected chi connectivity index (χ1v) is 5.98. The number of Topliss-reactive ketones (excluding diaryl/α,β-unsaturated/α-hetero) is 1. The highest BCUT2D eigenvalue weighted by molar-refractivity contribution is 6.33. The van der Waals surface area contributed by atoms with E-state index in [1.165, 1.54) is 6.20 Å². The molecule has 0 spiro atoms. The van der Waals surface area contributed by atoms with Crippen molar-refractivity contribution in [1.29, 1.82) is 0 Å². The van der Waals surface area contributed by atoms with Gasteiger partial charge in [0.1, 0.15) is 5.69 Å². The standard InChI is InChI=1S/C11H18ClN3O2/c1-3-8(6-13)11(16)10-9(12)7-14-15(10)4-5-17-2/h7-8H,3-6,13H2,1-2H3. The molecule has 0 radical (unpaired) electrons. The van der Waals surface area contributed by atoms with E-state index in [2.05, 4.69) is 5.10 Å². The number of nitrogens with zero attached hydrogens (tertiary/aromatic N) is 2. The highest BCUT2D eigenvalue weighted by Gasteiger charge is 2.23. The Hall–Kier alpha value is -0.910. The lowest BCUT2D eigenvalue weighted by Crippen LogP contribution is -2.26. The number of halogens is 1. The monoisotopic (exact) mass is 259 g/mol. The van der Waals surface area contributed by atoms with Crippen molar-refractivity contribution in [3.63, 3.8) is 0 Å². The number of aromatic nitrogens is 2. The molecule has 0 fully saturated rings. The first-order valence-electron chi connectivity index (χ1n) is 5.60. The van der Waals surface area contributed by atoms with Crippen molar-refractivity contribution >= 4 is 17.4 Å². The third-order valence-electron chi connectivity index (χ3n) is 2.68. The molecule has 2 N–H and O–H groups in total. The van der Waals surface area contributed by atoms with Crippen LogP contribution in [0, 0.1) is 5.92 Å². The minimum absolute atomic E-state index is 0.0476. The van der Waals surface area contributed by atoms with E-state index < -0.39 is 0 Å². The third kappa shape index (κ3) is 3.28. The lowest BCUT2D eigenvalue weighted by Gasteiger charge is -2.12. The Morgan fingerprint density at radius 2 is 2.41 bits per heavy atom. The van der Waals surface area contributed by atoms with Gasteiger partial charge in [-0.05, 0) is 6.42 Å². The maximum Gasteiger partial charge on any atom is 0.186 e. The fourth-order valence-electron chi connectivity index (χ4n) is 1.61. The third-order valence-corrected chi connectivity index (χ3v) is 2.96. The van der Waals surface area contributed by atoms with Crippen LogP contribution < -0.4 is 5.73 Å². The van der Waals surface area contributed by atoms with Crippen LogP contribution in [-0.2, 0) is 11.3 Å². The van der Waals surface area contributed by atoms with Crippen molar-refractivity contribution in [3.05, 3.63) is 16.9 Å². The van der Waals surface area contributed by atoms with Gasteiger partial charge in [-0.3, -0.25) is 9.48 Å². The Kier molecular flexibility index (Phi) is 5.61. The van der Waals surface area contributed by atoms with E-state index in [1.807, 2.05) is 6.92 Å². The average molecular weight is 260 g/mol. The molecule has 0 aliphatic rings. The van der Waals surface area contributed by atoms with Gasteiger partial charge in [0.2, 0.25) is 0 Å². The molecule has 1 heterocycles. The number of ketones is 1. The van der Waals surface area contributed by atoms with E-state index in [9.17, 15) is 4.79 Å². The predicted octanol–water partition coefficient (Wildman–Crippen LogP) is 1.35. The maximum absolute atomic E-state index is 12.2. The molecular weight excluding hydrogens is 242 g/mol. The van der Waals surface area contributed by atoms with Gasteiger partial charge in [0, 0.05) is 19.6 Å². The second kappa shape index (κ2) is 6.74. The lowest BCUT2D eigenvalue weighted by atomic mass is 9.99. The van der Waals surface area contributed by atoms with Crippen LogP contribution in [0.4, 0.5) is 0 Å². The van der Waals surface area contributed by atoms with Gasteiger partial charge in [0.15, 0.2) is 5.78 Å². The highest BCUT2D eigenvalue weighted by atomic mass is 35.5. The second-order valence-electron chi connectivity index (χ2n) is 3.76. The van der Waals surface area contributed by atoms with Gasteiger partial charge < -0.3 is 10.5 Å². The van der Waals surface area contributed by atoms with E-state index >= 15 is 0 Å². The van der Waals surface area contributed by atoms with Crippen LogP contribution in [0.3, 0.4) is 0 Å². The first kappa shape index (κ1) is 14.2. The zero-order chi connectivity index (χ0) is 12.8. The number of nitrogens with two attached hydrogens (primary N) is 1. The molecule has 1 rings (SSSR count). The Morgan fingerprint density at radius 1 is 1.71 bits per heavy atom. The Labute approximate surface area is 106 Å². The summed E-state index contributed by atoms with van der Waals surface area (Å²) in [7, 11) is 1.60. The summed E-state index contributed by atoms with van der Waals surface area (Å²) in [5.41, 5.74) is 6.00. The molecule has 0 aromatic carbocycles. The zero-order valence-electron chi connectivity index (χ0n) is 10.1. The summed E-state index contributed by atoms with van der Waals surface area (Å²) in [5.74, 6) is -0.251. The number of carbonyl (C=O) groups excluding carboxylic acids is 1. The minimum Gasteiger partial charge on any atom is -0.383 e. The molecule has 0 aliphatic heterocycles. The summed E-state index contributed by atoms with van der Waals surface area (Å²) >= 11 is 5.99. The van der Waals surface area contributed by atoms with Crippen LogP contribution in [0.1, 0.15) is 23.8 Å². The number of rotatable bonds is 7. The predicted molar refractivity (Wildman–Crippen MR) is 66.3 cm³/mol. The van der Waals surface area contributed by atoms with Gasteiger partial charge in [0.05, 0.1) is 24.4 Å². The van der Waals surface area contributed by atoms with Crippen molar-refractivity contribution in [2.24, 2.45) is 11.7 Å². The van der Waals surface area contributed by atoms with Gasteiger partial charge in [-0.2, -0.15) is 5.10 Å². The normalized spacial score (nSPS) is 12.7. The molecule has 5 nitrogen and oxygen atoms in total. The molecule has 0 aliphatic carbocycles. The SMILES string of the molecule is CCC(CN)C(=O)c1c(Cl)cnn1CCOC. The average Bonchev–Trinajstić information content (AvgIpc) is 2.69. The summed E-state index contributed by atoms with van der Waals surface area (Å²) in [4.78, 5) is 12.2. The summed E-state index contributed by atoms with van der Waals surface area (Å²) < 4.78 is 6.54. The Balaban J connectivity index is 2.94. The molecule has 0 saturated carbocycles. The molecule has 6 heteroatoms. The molecule has 1 unspecified atom stereocenters. The van der Waals surface area contributed by atoms with Gasteiger partial charge in [-0.15, -0.1) is 0 Å². The number of hydrogen-bond acceptors (Lipinski definition) is 4. The molecule has 96 valence electrons. The molecule has 1 atom stereocenters. The Bertz CT molecular complexity index is 375. The van der Waals surface area contributed by atoms with Crippen LogP contribution in [0.15, 0.2) is 6.20 Å². The van der Waals surface area contributed by atoms with Crippen molar-refractivity contribution in [2.75, 3.05) is 20.3 Å². The summed E-state index contributed by atoms with van der Waals surface area (Å²) in [6.07, 6.45) is 2.18. The van der Waals surface area contributed by atoms with Gasteiger partial charge >= 0.3 is 0 Å². The number of methoxy groups -OCH3 is 1. The van der Waals surface area contributed by atoms with Gasteiger partial charge in [-0.1, -0.05) is 18.5 Å². The van der Waals surface area contributed by atoms with Crippen molar-refractivity contribution in [2.45, 2.75) is 19.9 Å². The van der Waals surface area contributed by atoms with Crippen molar-refractivity contribution in [3.8, 4) is 0 Å². The fourth-order valence-corrected chi connectivity index (χ4v) is 1.84. The van der Waals surface area contributed by atoms with E-state index in [0.29, 0.717) is 36.8 Å². The summed E-state index contributed by atoms with van der Waals surface area (Å²) in [5, 5.41) is 4.44. The van der Waals surface area contributed by atoms with Gasteiger partial charge in [-0.25, -0.2) is 0 Å². The van der Waals surface area contributed by atoms with E-state index in [0.717, 1.165) is 0 Å². The second-order valence-corrected chi connectivity index (χ2v) is 4.17. The molecule has 1 aromatic heterocycles. The smallest absolute Gasteiger partial charge is 0.186 e. The zero-order valence-corrected chi connectivity index (χ0v) is 10.9. The lowest BCUT2D eigenvalue weighted by molar-refractivity contribution is 0.0907. The molecule has 0 bridgehead atoms. The van der Waals surface area contributed by atoms with Crippen LogP contribution >= 0.6 is 11.6 Å². The number of ether oxygens (including phenoxy) is 1. The highest BCUT2D eigenvalue weighted by Crippen LogP contribution is 2.20. The van der Waals surface area contributed by atoms with Crippen molar-refractivity contribution in [1.82, 2.24) is 9.78 Å². The molecule has 1 aromatic rings. The van der Waals surface area contributed by atoms with Crippen LogP contribution in [0.25, 0.3) is 0 Å². The maximum atomic E-state index is 12.2. The first-order chi connectivity index (χ1) is 8.15. The topological polar surface area (TPSA) is 70.1 Å².